The van der Waals surface area contributed by atoms with Crippen molar-refractivity contribution in [1.82, 2.24) is 29.9 Å². The van der Waals surface area contributed by atoms with Crippen molar-refractivity contribution < 1.29 is 9.53 Å². The van der Waals surface area contributed by atoms with Gasteiger partial charge in [0.15, 0.2) is 11.8 Å². The Morgan fingerprint density at radius 3 is 2.59 bits per heavy atom. The maximum atomic E-state index is 12.4. The molecule has 0 unspecified atom stereocenters. The molecule has 1 aromatic rings. The first-order valence-corrected chi connectivity index (χ1v) is 10.6. The Labute approximate surface area is 174 Å². The molecule has 2 rings (SSSR count). The Kier molecular flexibility index (Phi) is 8.28. The van der Waals surface area contributed by atoms with E-state index in [1.165, 1.54) is 0 Å². The molecule has 0 saturated carbocycles. The van der Waals surface area contributed by atoms with E-state index in [0.29, 0.717) is 19.0 Å². The number of aryl methyl sites for hydroxylation is 1. The second kappa shape index (κ2) is 10.5. The fourth-order valence-corrected chi connectivity index (χ4v) is 3.47. The molecule has 1 fully saturated rings. The summed E-state index contributed by atoms with van der Waals surface area (Å²) in [5.41, 5.74) is -0.464. The average molecular weight is 408 g/mol. The van der Waals surface area contributed by atoms with Gasteiger partial charge in [-0.05, 0) is 53.4 Å². The normalized spacial score (nSPS) is 16.1. The van der Waals surface area contributed by atoms with Crippen LogP contribution < -0.4 is 5.32 Å². The van der Waals surface area contributed by atoms with Crippen molar-refractivity contribution in [3.05, 3.63) is 12.2 Å². The molecule has 1 amide bonds. The van der Waals surface area contributed by atoms with Crippen LogP contribution in [0, 0.1) is 5.92 Å². The highest BCUT2D eigenvalue weighted by Gasteiger charge is 2.27. The first kappa shape index (κ1) is 23.0. The third-order valence-corrected chi connectivity index (χ3v) is 5.08. The highest BCUT2D eigenvalue weighted by atomic mass is 16.6. The maximum Gasteiger partial charge on any atom is 0.410 e. The van der Waals surface area contributed by atoms with Crippen molar-refractivity contribution in [2.45, 2.75) is 66.2 Å². The Morgan fingerprint density at radius 1 is 1.34 bits per heavy atom. The monoisotopic (exact) mass is 407 g/mol. The van der Waals surface area contributed by atoms with Gasteiger partial charge in [-0.1, -0.05) is 0 Å². The van der Waals surface area contributed by atoms with Crippen LogP contribution in [0.2, 0.25) is 0 Å². The van der Waals surface area contributed by atoms with E-state index < -0.39 is 5.60 Å². The molecule has 0 atom stereocenters. The van der Waals surface area contributed by atoms with Crippen LogP contribution in [0.15, 0.2) is 11.3 Å². The molecule has 1 aromatic heterocycles. The molecule has 1 aliphatic heterocycles. The number of carbonyl (C=O) groups is 1. The van der Waals surface area contributed by atoms with Gasteiger partial charge in [-0.25, -0.2) is 4.79 Å². The minimum Gasteiger partial charge on any atom is -0.444 e. The molecule has 0 radical (unpaired) electrons. The Morgan fingerprint density at radius 2 is 2.03 bits per heavy atom. The van der Waals surface area contributed by atoms with Crippen LogP contribution in [-0.4, -0.2) is 75.4 Å². The van der Waals surface area contributed by atoms with E-state index in [9.17, 15) is 4.79 Å². The number of guanidine groups is 1. The molecule has 1 aliphatic rings. The Hall–Kier alpha value is -2.32. The van der Waals surface area contributed by atoms with Crippen LogP contribution in [0.1, 0.15) is 53.3 Å². The molecule has 1 N–H and O–H groups in total. The van der Waals surface area contributed by atoms with E-state index in [-0.39, 0.29) is 6.09 Å². The highest BCUT2D eigenvalue weighted by Crippen LogP contribution is 2.20. The van der Waals surface area contributed by atoms with Crippen LogP contribution in [0.5, 0.6) is 0 Å². The Balaban J connectivity index is 1.82. The fraction of sp³-hybridized carbons (Fsp3) is 0.800. The highest BCUT2D eigenvalue weighted by molar-refractivity contribution is 5.79. The molecule has 0 aliphatic carbocycles. The van der Waals surface area contributed by atoms with Gasteiger partial charge < -0.3 is 24.4 Å². The topological polar surface area (TPSA) is 87.9 Å². The first-order chi connectivity index (χ1) is 13.8. The minimum atomic E-state index is -0.464. The number of aliphatic imine (C=N–C) groups is 1. The predicted molar refractivity (Wildman–Crippen MR) is 114 cm³/mol. The van der Waals surface area contributed by atoms with Crippen molar-refractivity contribution in [3.63, 3.8) is 0 Å². The lowest BCUT2D eigenvalue weighted by atomic mass is 9.96. The summed E-state index contributed by atoms with van der Waals surface area (Å²) in [4.78, 5) is 20.9. The van der Waals surface area contributed by atoms with Gasteiger partial charge in [0.25, 0.3) is 0 Å². The summed E-state index contributed by atoms with van der Waals surface area (Å²) >= 11 is 0. The largest absolute Gasteiger partial charge is 0.444 e. The van der Waals surface area contributed by atoms with Crippen molar-refractivity contribution >= 4 is 12.1 Å². The second-order valence-electron chi connectivity index (χ2n) is 8.38. The van der Waals surface area contributed by atoms with Crippen LogP contribution in [0.3, 0.4) is 0 Å². The fourth-order valence-electron chi connectivity index (χ4n) is 3.47. The standard InChI is InChI=1S/C20H37N7O2/c1-7-25(19(28)29-20(3,4)5)14-16-9-11-27(12-10-16)18(21-6)22-13-17-24-23-15-26(17)8-2/h15-16H,7-14H2,1-6H3,(H,21,22). The zero-order valence-corrected chi connectivity index (χ0v) is 18.8. The van der Waals surface area contributed by atoms with Crippen molar-refractivity contribution in [2.75, 3.05) is 33.2 Å². The zero-order valence-electron chi connectivity index (χ0n) is 18.8. The van der Waals surface area contributed by atoms with Gasteiger partial charge in [-0.15, -0.1) is 10.2 Å². The summed E-state index contributed by atoms with van der Waals surface area (Å²) < 4.78 is 7.55. The molecule has 1 saturated heterocycles. The number of hydrogen-bond donors (Lipinski definition) is 1. The number of likely N-dealkylation sites (tertiary alicyclic amines) is 1. The number of ether oxygens (including phenoxy) is 1. The van der Waals surface area contributed by atoms with Crippen LogP contribution in [0.25, 0.3) is 0 Å². The van der Waals surface area contributed by atoms with E-state index in [1.54, 1.807) is 13.4 Å². The molecule has 0 spiro atoms. The first-order valence-electron chi connectivity index (χ1n) is 10.6. The summed E-state index contributed by atoms with van der Waals surface area (Å²) in [5.74, 6) is 2.26. The number of carbonyl (C=O) groups excluding carboxylic acids is 1. The quantitative estimate of drug-likeness (QED) is 0.575. The van der Waals surface area contributed by atoms with Gasteiger partial charge in [0.1, 0.15) is 11.9 Å². The Bertz CT molecular complexity index is 673. The van der Waals surface area contributed by atoms with Gasteiger partial charge in [0.2, 0.25) is 0 Å². The van der Waals surface area contributed by atoms with Crippen molar-refractivity contribution in [3.8, 4) is 0 Å². The van der Waals surface area contributed by atoms with E-state index in [0.717, 1.165) is 50.8 Å². The van der Waals surface area contributed by atoms with Crippen LogP contribution in [0.4, 0.5) is 4.79 Å². The zero-order chi connectivity index (χ0) is 21.4. The molecule has 2 heterocycles. The molecule has 9 heteroatoms. The van der Waals surface area contributed by atoms with E-state index in [4.69, 9.17) is 4.74 Å². The van der Waals surface area contributed by atoms with Gasteiger partial charge in [-0.3, -0.25) is 4.99 Å². The third-order valence-electron chi connectivity index (χ3n) is 5.08. The molecule has 0 bridgehead atoms. The number of hydrogen-bond acceptors (Lipinski definition) is 5. The minimum absolute atomic E-state index is 0.222. The summed E-state index contributed by atoms with van der Waals surface area (Å²) in [5, 5.41) is 11.5. The summed E-state index contributed by atoms with van der Waals surface area (Å²) in [6.45, 7) is 14.5. The van der Waals surface area contributed by atoms with E-state index in [2.05, 4.69) is 32.3 Å². The third kappa shape index (κ3) is 6.90. The maximum absolute atomic E-state index is 12.4. The number of rotatable bonds is 6. The smallest absolute Gasteiger partial charge is 0.410 e. The number of aromatic nitrogens is 3. The molecule has 0 aromatic carbocycles. The molecule has 164 valence electrons. The van der Waals surface area contributed by atoms with Gasteiger partial charge in [0, 0.05) is 39.8 Å². The van der Waals surface area contributed by atoms with E-state index in [1.807, 2.05) is 37.2 Å². The van der Waals surface area contributed by atoms with Gasteiger partial charge in [0.05, 0.1) is 6.54 Å². The summed E-state index contributed by atoms with van der Waals surface area (Å²) in [6.07, 6.45) is 3.56. The lowest BCUT2D eigenvalue weighted by molar-refractivity contribution is 0.0214. The molecule has 9 nitrogen and oxygen atoms in total. The SMILES string of the molecule is CCN(CC1CCN(C(=NC)NCc2nncn2CC)CC1)C(=O)OC(C)(C)C. The second-order valence-corrected chi connectivity index (χ2v) is 8.38. The molecule has 29 heavy (non-hydrogen) atoms. The van der Waals surface area contributed by atoms with Crippen LogP contribution in [-0.2, 0) is 17.8 Å². The lowest BCUT2D eigenvalue weighted by Gasteiger charge is -2.36. The molecular weight excluding hydrogens is 370 g/mol. The van der Waals surface area contributed by atoms with Gasteiger partial charge >= 0.3 is 6.09 Å². The van der Waals surface area contributed by atoms with Crippen LogP contribution >= 0.6 is 0 Å². The van der Waals surface area contributed by atoms with Gasteiger partial charge in [-0.2, -0.15) is 0 Å². The number of nitrogens with zero attached hydrogens (tertiary/aromatic N) is 6. The van der Waals surface area contributed by atoms with Crippen molar-refractivity contribution in [2.24, 2.45) is 10.9 Å². The van der Waals surface area contributed by atoms with E-state index >= 15 is 0 Å². The summed E-state index contributed by atoms with van der Waals surface area (Å²) in [7, 11) is 1.81. The number of piperidine rings is 1. The average Bonchev–Trinajstić information content (AvgIpc) is 3.13. The van der Waals surface area contributed by atoms with Crippen molar-refractivity contribution in [1.29, 1.82) is 0 Å². The number of nitrogens with one attached hydrogen (secondary N) is 1. The predicted octanol–water partition coefficient (Wildman–Crippen LogP) is 2.34. The number of amides is 1. The summed E-state index contributed by atoms with van der Waals surface area (Å²) in [6, 6.07) is 0. The molecular formula is C20H37N7O2. The lowest BCUT2D eigenvalue weighted by Crippen LogP contribution is -2.47.